The maximum absolute atomic E-state index is 11.3. The first kappa shape index (κ1) is 15.4. The van der Waals surface area contributed by atoms with Gasteiger partial charge in [-0.2, -0.15) is 0 Å². The molecule has 0 atom stereocenters. The van der Waals surface area contributed by atoms with Gasteiger partial charge in [-0.3, -0.25) is 4.79 Å². The van der Waals surface area contributed by atoms with Crippen molar-refractivity contribution in [1.29, 1.82) is 0 Å². The Kier molecular flexibility index (Phi) is 9.30. The summed E-state index contributed by atoms with van der Waals surface area (Å²) < 4.78 is 5.44. The maximum atomic E-state index is 11.3. The van der Waals surface area contributed by atoms with Crippen molar-refractivity contribution >= 4 is 5.91 Å². The van der Waals surface area contributed by atoms with Crippen LogP contribution in [-0.2, 0) is 9.53 Å². The summed E-state index contributed by atoms with van der Waals surface area (Å²) in [6, 6.07) is 0.256. The van der Waals surface area contributed by atoms with Gasteiger partial charge in [0.2, 0.25) is 5.91 Å². The molecule has 96 valence electrons. The van der Waals surface area contributed by atoms with Gasteiger partial charge in [0.15, 0.2) is 0 Å². The molecule has 0 aliphatic carbocycles. The standard InChI is InChI=1S/C13H27NO2/c1-11(2)14-13(15)9-7-5-6-8-10-16-12(3)4/h11-12H,5-10H2,1-4H3,(H,14,15). The van der Waals surface area contributed by atoms with Gasteiger partial charge in [0.05, 0.1) is 6.10 Å². The van der Waals surface area contributed by atoms with Gasteiger partial charge < -0.3 is 10.1 Å². The molecule has 0 aromatic carbocycles. The third-order valence-corrected chi connectivity index (χ3v) is 2.20. The quantitative estimate of drug-likeness (QED) is 0.617. The molecule has 0 saturated heterocycles. The minimum atomic E-state index is 0.174. The summed E-state index contributed by atoms with van der Waals surface area (Å²) in [5.41, 5.74) is 0. The van der Waals surface area contributed by atoms with Gasteiger partial charge in [-0.1, -0.05) is 12.8 Å². The normalized spacial score (nSPS) is 11.1. The molecule has 3 nitrogen and oxygen atoms in total. The van der Waals surface area contributed by atoms with Crippen molar-refractivity contribution in [3.05, 3.63) is 0 Å². The summed E-state index contributed by atoms with van der Waals surface area (Å²) in [7, 11) is 0. The summed E-state index contributed by atoms with van der Waals surface area (Å²) >= 11 is 0. The highest BCUT2D eigenvalue weighted by atomic mass is 16.5. The molecule has 0 aliphatic rings. The fraction of sp³-hybridized carbons (Fsp3) is 0.923. The van der Waals surface area contributed by atoms with E-state index in [1.807, 2.05) is 13.8 Å². The molecule has 1 N–H and O–H groups in total. The van der Waals surface area contributed by atoms with E-state index in [-0.39, 0.29) is 11.9 Å². The SMILES string of the molecule is CC(C)NC(=O)CCCCCCOC(C)C. The van der Waals surface area contributed by atoms with Crippen molar-refractivity contribution in [2.75, 3.05) is 6.61 Å². The summed E-state index contributed by atoms with van der Waals surface area (Å²) in [5, 5.41) is 2.90. The van der Waals surface area contributed by atoms with E-state index in [1.54, 1.807) is 0 Å². The molecule has 0 radical (unpaired) electrons. The van der Waals surface area contributed by atoms with Crippen molar-refractivity contribution in [1.82, 2.24) is 5.32 Å². The van der Waals surface area contributed by atoms with Crippen molar-refractivity contribution in [3.8, 4) is 0 Å². The lowest BCUT2D eigenvalue weighted by atomic mass is 10.1. The molecule has 0 fully saturated rings. The Bertz CT molecular complexity index is 179. The predicted molar refractivity (Wildman–Crippen MR) is 67.5 cm³/mol. The van der Waals surface area contributed by atoms with E-state index in [0.29, 0.717) is 12.5 Å². The fourth-order valence-electron chi connectivity index (χ4n) is 1.45. The van der Waals surface area contributed by atoms with Crippen molar-refractivity contribution in [2.24, 2.45) is 0 Å². The van der Waals surface area contributed by atoms with Crippen molar-refractivity contribution in [3.63, 3.8) is 0 Å². The minimum absolute atomic E-state index is 0.174. The fourth-order valence-corrected chi connectivity index (χ4v) is 1.45. The zero-order chi connectivity index (χ0) is 12.4. The van der Waals surface area contributed by atoms with Crippen LogP contribution in [0.1, 0.15) is 59.8 Å². The number of hydrogen-bond donors (Lipinski definition) is 1. The molecule has 16 heavy (non-hydrogen) atoms. The number of nitrogens with one attached hydrogen (secondary N) is 1. The minimum Gasteiger partial charge on any atom is -0.379 e. The third kappa shape index (κ3) is 11.5. The average Bonchev–Trinajstić information content (AvgIpc) is 2.14. The first-order valence-corrected chi connectivity index (χ1v) is 6.43. The average molecular weight is 229 g/mol. The lowest BCUT2D eigenvalue weighted by Gasteiger charge is -2.08. The molecule has 0 unspecified atom stereocenters. The molecule has 3 heteroatoms. The van der Waals surface area contributed by atoms with Crippen LogP contribution in [0.2, 0.25) is 0 Å². The van der Waals surface area contributed by atoms with Gasteiger partial charge in [-0.15, -0.1) is 0 Å². The van der Waals surface area contributed by atoms with E-state index in [9.17, 15) is 4.79 Å². The summed E-state index contributed by atoms with van der Waals surface area (Å²) in [6.45, 7) is 8.92. The summed E-state index contributed by atoms with van der Waals surface area (Å²) in [4.78, 5) is 11.3. The van der Waals surface area contributed by atoms with Gasteiger partial charge in [0.1, 0.15) is 0 Å². The Balaban J connectivity index is 3.18. The second-order valence-corrected chi connectivity index (χ2v) is 4.81. The molecule has 0 bridgehead atoms. The largest absolute Gasteiger partial charge is 0.379 e. The number of ether oxygens (including phenoxy) is 1. The van der Waals surface area contributed by atoms with E-state index < -0.39 is 0 Å². The highest BCUT2D eigenvalue weighted by Crippen LogP contribution is 2.04. The number of carbonyl (C=O) groups excluding carboxylic acids is 1. The van der Waals surface area contributed by atoms with Crippen LogP contribution < -0.4 is 5.32 Å². The maximum Gasteiger partial charge on any atom is 0.220 e. The lowest BCUT2D eigenvalue weighted by Crippen LogP contribution is -2.29. The van der Waals surface area contributed by atoms with E-state index in [1.165, 1.54) is 0 Å². The van der Waals surface area contributed by atoms with E-state index in [2.05, 4.69) is 19.2 Å². The molecular formula is C13H27NO2. The molecule has 0 saturated carbocycles. The molecule has 0 spiro atoms. The lowest BCUT2D eigenvalue weighted by molar-refractivity contribution is -0.121. The Labute approximate surface area is 99.9 Å². The molecule has 0 aliphatic heterocycles. The Morgan fingerprint density at radius 3 is 2.25 bits per heavy atom. The Morgan fingerprint density at radius 2 is 1.69 bits per heavy atom. The van der Waals surface area contributed by atoms with Crippen LogP contribution in [-0.4, -0.2) is 24.7 Å². The van der Waals surface area contributed by atoms with Crippen LogP contribution >= 0.6 is 0 Å². The second kappa shape index (κ2) is 9.64. The molecule has 0 aromatic rings. The van der Waals surface area contributed by atoms with E-state index in [4.69, 9.17) is 4.74 Å². The van der Waals surface area contributed by atoms with Crippen molar-refractivity contribution in [2.45, 2.75) is 71.9 Å². The number of rotatable bonds is 9. The van der Waals surface area contributed by atoms with E-state index in [0.717, 1.165) is 32.3 Å². The molecule has 1 amide bonds. The van der Waals surface area contributed by atoms with Crippen LogP contribution in [0, 0.1) is 0 Å². The first-order valence-electron chi connectivity index (χ1n) is 6.43. The molecular weight excluding hydrogens is 202 g/mol. The zero-order valence-electron chi connectivity index (χ0n) is 11.2. The second-order valence-electron chi connectivity index (χ2n) is 4.81. The summed E-state index contributed by atoms with van der Waals surface area (Å²) in [5.74, 6) is 0.174. The number of hydrogen-bond acceptors (Lipinski definition) is 2. The highest BCUT2D eigenvalue weighted by molar-refractivity contribution is 5.76. The predicted octanol–water partition coefficient (Wildman–Crippen LogP) is 2.89. The Morgan fingerprint density at radius 1 is 1.06 bits per heavy atom. The van der Waals surface area contributed by atoms with Crippen LogP contribution in [0.4, 0.5) is 0 Å². The van der Waals surface area contributed by atoms with Gasteiger partial charge >= 0.3 is 0 Å². The van der Waals surface area contributed by atoms with Crippen LogP contribution in [0.25, 0.3) is 0 Å². The van der Waals surface area contributed by atoms with Crippen LogP contribution in [0.15, 0.2) is 0 Å². The monoisotopic (exact) mass is 229 g/mol. The summed E-state index contributed by atoms with van der Waals surface area (Å²) in [6.07, 6.45) is 5.35. The first-order chi connectivity index (χ1) is 7.52. The number of carbonyl (C=O) groups is 1. The number of unbranched alkanes of at least 4 members (excludes halogenated alkanes) is 3. The molecule has 0 rings (SSSR count). The highest BCUT2D eigenvalue weighted by Gasteiger charge is 2.02. The van der Waals surface area contributed by atoms with Gasteiger partial charge in [0.25, 0.3) is 0 Å². The molecule has 0 aromatic heterocycles. The number of amides is 1. The Hall–Kier alpha value is -0.570. The topological polar surface area (TPSA) is 38.3 Å². The van der Waals surface area contributed by atoms with E-state index >= 15 is 0 Å². The van der Waals surface area contributed by atoms with Crippen molar-refractivity contribution < 1.29 is 9.53 Å². The molecule has 0 heterocycles. The van der Waals surface area contributed by atoms with Gasteiger partial charge in [-0.05, 0) is 40.5 Å². The van der Waals surface area contributed by atoms with Crippen LogP contribution in [0.3, 0.4) is 0 Å². The van der Waals surface area contributed by atoms with Gasteiger partial charge in [-0.25, -0.2) is 0 Å². The van der Waals surface area contributed by atoms with Gasteiger partial charge in [0, 0.05) is 19.1 Å². The van der Waals surface area contributed by atoms with Crippen LogP contribution in [0.5, 0.6) is 0 Å². The zero-order valence-corrected chi connectivity index (χ0v) is 11.2. The smallest absolute Gasteiger partial charge is 0.220 e. The third-order valence-electron chi connectivity index (χ3n) is 2.20.